The summed E-state index contributed by atoms with van der Waals surface area (Å²) in [6, 6.07) is 18.3. The third-order valence-corrected chi connectivity index (χ3v) is 4.84. The van der Waals surface area contributed by atoms with Crippen LogP contribution in [0.25, 0.3) is 6.08 Å². The Kier molecular flexibility index (Phi) is 5.89. The van der Waals surface area contributed by atoms with E-state index in [1.54, 1.807) is 13.2 Å². The third kappa shape index (κ3) is 4.72. The molecule has 1 heterocycles. The molecule has 3 heteroatoms. The average Bonchev–Trinajstić information content (AvgIpc) is 2.67. The van der Waals surface area contributed by atoms with Crippen molar-refractivity contribution in [1.82, 2.24) is 4.90 Å². The molecule has 130 valence electrons. The van der Waals surface area contributed by atoms with Crippen LogP contribution in [0.1, 0.15) is 24.0 Å². The highest BCUT2D eigenvalue weighted by Gasteiger charge is 2.21. The van der Waals surface area contributed by atoms with Gasteiger partial charge in [-0.2, -0.15) is 0 Å². The molecule has 0 N–H and O–H groups in total. The van der Waals surface area contributed by atoms with Crippen LogP contribution in [0, 0.1) is 5.92 Å². The molecule has 0 spiro atoms. The molecule has 0 atom stereocenters. The van der Waals surface area contributed by atoms with Crippen molar-refractivity contribution in [3.05, 3.63) is 71.8 Å². The number of rotatable bonds is 5. The Bertz CT molecular complexity index is 716. The Morgan fingerprint density at radius 2 is 1.76 bits per heavy atom. The summed E-state index contributed by atoms with van der Waals surface area (Å²) in [5.41, 5.74) is 2.32. The molecule has 1 fully saturated rings. The summed E-state index contributed by atoms with van der Waals surface area (Å²) < 4.78 is 5.32. The first-order valence-corrected chi connectivity index (χ1v) is 8.90. The van der Waals surface area contributed by atoms with Crippen LogP contribution in [0.3, 0.4) is 0 Å². The van der Waals surface area contributed by atoms with Gasteiger partial charge >= 0.3 is 0 Å². The molecular weight excluding hydrogens is 310 g/mol. The Labute approximate surface area is 149 Å². The van der Waals surface area contributed by atoms with Crippen molar-refractivity contribution in [3.63, 3.8) is 0 Å². The van der Waals surface area contributed by atoms with Crippen molar-refractivity contribution in [2.45, 2.75) is 19.3 Å². The van der Waals surface area contributed by atoms with Crippen LogP contribution in [0.2, 0.25) is 0 Å². The molecular formula is C22H25NO2. The monoisotopic (exact) mass is 335 g/mol. The lowest BCUT2D eigenvalue weighted by Crippen LogP contribution is -2.37. The van der Waals surface area contributed by atoms with E-state index in [0.717, 1.165) is 43.7 Å². The van der Waals surface area contributed by atoms with Crippen LogP contribution in [0.15, 0.2) is 60.7 Å². The predicted molar refractivity (Wildman–Crippen MR) is 101 cm³/mol. The Morgan fingerprint density at radius 1 is 1.08 bits per heavy atom. The van der Waals surface area contributed by atoms with Crippen molar-refractivity contribution in [2.75, 3.05) is 20.2 Å². The highest BCUT2D eigenvalue weighted by molar-refractivity contribution is 5.92. The molecule has 2 aromatic carbocycles. The van der Waals surface area contributed by atoms with Crippen molar-refractivity contribution in [3.8, 4) is 5.75 Å². The second-order valence-electron chi connectivity index (χ2n) is 6.53. The summed E-state index contributed by atoms with van der Waals surface area (Å²) >= 11 is 0. The summed E-state index contributed by atoms with van der Waals surface area (Å²) in [5, 5.41) is 0. The van der Waals surface area contributed by atoms with Crippen LogP contribution in [0.5, 0.6) is 5.75 Å². The van der Waals surface area contributed by atoms with E-state index < -0.39 is 0 Å². The number of hydrogen-bond acceptors (Lipinski definition) is 2. The number of para-hydroxylation sites is 1. The van der Waals surface area contributed by atoms with Gasteiger partial charge in [-0.15, -0.1) is 0 Å². The number of hydrogen-bond donors (Lipinski definition) is 0. The fourth-order valence-corrected chi connectivity index (χ4v) is 3.38. The van der Waals surface area contributed by atoms with Crippen LogP contribution >= 0.6 is 0 Å². The molecule has 0 aliphatic carbocycles. The summed E-state index contributed by atoms with van der Waals surface area (Å²) in [6.45, 7) is 1.68. The molecule has 2 aromatic rings. The van der Waals surface area contributed by atoms with Gasteiger partial charge in [0, 0.05) is 24.7 Å². The molecule has 1 amide bonds. The van der Waals surface area contributed by atoms with Gasteiger partial charge in [0.05, 0.1) is 7.11 Å². The topological polar surface area (TPSA) is 29.5 Å². The van der Waals surface area contributed by atoms with Gasteiger partial charge in [-0.1, -0.05) is 48.5 Å². The van der Waals surface area contributed by atoms with Crippen molar-refractivity contribution in [2.24, 2.45) is 5.92 Å². The van der Waals surface area contributed by atoms with Gasteiger partial charge in [0.25, 0.3) is 0 Å². The van der Waals surface area contributed by atoms with Crippen LogP contribution in [-0.2, 0) is 11.2 Å². The summed E-state index contributed by atoms with van der Waals surface area (Å²) in [7, 11) is 1.64. The lowest BCUT2D eigenvalue weighted by Gasteiger charge is -2.31. The number of likely N-dealkylation sites (tertiary alicyclic amines) is 1. The van der Waals surface area contributed by atoms with Crippen LogP contribution < -0.4 is 4.74 Å². The highest BCUT2D eigenvalue weighted by Crippen LogP contribution is 2.23. The summed E-state index contributed by atoms with van der Waals surface area (Å²) in [6.07, 6.45) is 6.76. The molecule has 0 aromatic heterocycles. The first kappa shape index (κ1) is 17.3. The molecule has 3 nitrogen and oxygen atoms in total. The number of carbonyl (C=O) groups excluding carboxylic acids is 1. The second kappa shape index (κ2) is 8.52. The minimum Gasteiger partial charge on any atom is -0.496 e. The number of methoxy groups -OCH3 is 1. The molecule has 0 unspecified atom stereocenters. The molecule has 3 rings (SSSR count). The van der Waals surface area contributed by atoms with E-state index in [-0.39, 0.29) is 5.91 Å². The summed E-state index contributed by atoms with van der Waals surface area (Å²) in [4.78, 5) is 14.4. The first-order chi connectivity index (χ1) is 12.3. The molecule has 0 saturated carbocycles. The van der Waals surface area contributed by atoms with Crippen molar-refractivity contribution >= 4 is 12.0 Å². The zero-order valence-corrected chi connectivity index (χ0v) is 14.7. The maximum absolute atomic E-state index is 12.4. The number of nitrogens with zero attached hydrogens (tertiary/aromatic N) is 1. The number of benzene rings is 2. The SMILES string of the molecule is COc1ccccc1/C=C/C(=O)N1CCC(Cc2ccccc2)CC1. The molecule has 1 aliphatic heterocycles. The fourth-order valence-electron chi connectivity index (χ4n) is 3.38. The maximum Gasteiger partial charge on any atom is 0.246 e. The van der Waals surface area contributed by atoms with Crippen molar-refractivity contribution < 1.29 is 9.53 Å². The highest BCUT2D eigenvalue weighted by atomic mass is 16.5. The van der Waals surface area contributed by atoms with E-state index in [4.69, 9.17) is 4.74 Å². The second-order valence-corrected chi connectivity index (χ2v) is 6.53. The van der Waals surface area contributed by atoms with E-state index in [0.29, 0.717) is 5.92 Å². The molecule has 0 radical (unpaired) electrons. The smallest absolute Gasteiger partial charge is 0.246 e. The normalized spacial score (nSPS) is 15.5. The van der Waals surface area contributed by atoms with Crippen LogP contribution in [0.4, 0.5) is 0 Å². The lowest BCUT2D eigenvalue weighted by atomic mass is 9.90. The van der Waals surface area contributed by atoms with Gasteiger partial charge in [-0.3, -0.25) is 4.79 Å². The van der Waals surface area contributed by atoms with Gasteiger partial charge < -0.3 is 9.64 Å². The predicted octanol–water partition coefficient (Wildman–Crippen LogP) is 4.19. The van der Waals surface area contributed by atoms with E-state index in [9.17, 15) is 4.79 Å². The van der Waals surface area contributed by atoms with Gasteiger partial charge in [-0.05, 0) is 42.9 Å². The van der Waals surface area contributed by atoms with Crippen molar-refractivity contribution in [1.29, 1.82) is 0 Å². The van der Waals surface area contributed by atoms with E-state index in [2.05, 4.69) is 30.3 Å². The Morgan fingerprint density at radius 3 is 2.48 bits per heavy atom. The Hall–Kier alpha value is -2.55. The van der Waals surface area contributed by atoms with E-state index in [1.165, 1.54) is 5.56 Å². The number of carbonyl (C=O) groups is 1. The number of ether oxygens (including phenoxy) is 1. The lowest BCUT2D eigenvalue weighted by molar-refractivity contribution is -0.127. The summed E-state index contributed by atoms with van der Waals surface area (Å²) in [5.74, 6) is 1.54. The molecule has 0 bridgehead atoms. The maximum atomic E-state index is 12.4. The van der Waals surface area contributed by atoms with E-state index in [1.807, 2.05) is 35.2 Å². The standard InChI is InChI=1S/C22H25NO2/c1-25-21-10-6-5-9-20(21)11-12-22(24)23-15-13-19(14-16-23)17-18-7-3-2-4-8-18/h2-12,19H,13-17H2,1H3/b12-11+. The van der Waals surface area contributed by atoms with E-state index >= 15 is 0 Å². The zero-order valence-electron chi connectivity index (χ0n) is 14.7. The molecule has 1 saturated heterocycles. The quantitative estimate of drug-likeness (QED) is 0.767. The molecule has 1 aliphatic rings. The van der Waals surface area contributed by atoms with Gasteiger partial charge in [0.1, 0.15) is 5.75 Å². The van der Waals surface area contributed by atoms with Crippen LogP contribution in [-0.4, -0.2) is 31.0 Å². The minimum atomic E-state index is 0.0871. The number of piperidine rings is 1. The molecule has 25 heavy (non-hydrogen) atoms. The fraction of sp³-hybridized carbons (Fsp3) is 0.318. The van der Waals surface area contributed by atoms with Gasteiger partial charge in [0.2, 0.25) is 5.91 Å². The Balaban J connectivity index is 1.52. The van der Waals surface area contributed by atoms with Gasteiger partial charge in [0.15, 0.2) is 0 Å². The largest absolute Gasteiger partial charge is 0.496 e. The average molecular weight is 335 g/mol. The third-order valence-electron chi connectivity index (χ3n) is 4.84. The number of amides is 1. The van der Waals surface area contributed by atoms with Gasteiger partial charge in [-0.25, -0.2) is 0 Å². The zero-order chi connectivity index (χ0) is 17.5. The minimum absolute atomic E-state index is 0.0871. The first-order valence-electron chi connectivity index (χ1n) is 8.90.